The Morgan fingerprint density at radius 1 is 1.33 bits per heavy atom. The minimum Gasteiger partial charge on any atom is -0.481 e. The standard InChI is InChI=1S/C16H24N2O3/c1-11-4-5-15(14(10-11)12(2)17)21-13(3)16(19)18-6-8-20-9-7-18/h4-5,10,12-13H,6-9,17H2,1-3H3/t12-,13?/m0/s1. The van der Waals surface area contributed by atoms with Crippen molar-refractivity contribution in [2.45, 2.75) is 32.9 Å². The van der Waals surface area contributed by atoms with Crippen LogP contribution in [0, 0.1) is 6.92 Å². The van der Waals surface area contributed by atoms with Gasteiger partial charge in [-0.2, -0.15) is 0 Å². The van der Waals surface area contributed by atoms with E-state index in [0.717, 1.165) is 11.1 Å². The Morgan fingerprint density at radius 2 is 2.00 bits per heavy atom. The van der Waals surface area contributed by atoms with Gasteiger partial charge in [-0.05, 0) is 26.8 Å². The highest BCUT2D eigenvalue weighted by Gasteiger charge is 2.24. The van der Waals surface area contributed by atoms with Crippen molar-refractivity contribution in [2.75, 3.05) is 26.3 Å². The minimum absolute atomic E-state index is 0.00509. The summed E-state index contributed by atoms with van der Waals surface area (Å²) in [5.41, 5.74) is 8.04. The first-order valence-corrected chi connectivity index (χ1v) is 7.38. The zero-order chi connectivity index (χ0) is 15.4. The first-order valence-electron chi connectivity index (χ1n) is 7.38. The number of hydrogen-bond acceptors (Lipinski definition) is 4. The molecule has 0 aliphatic carbocycles. The predicted molar refractivity (Wildman–Crippen MR) is 81.3 cm³/mol. The summed E-state index contributed by atoms with van der Waals surface area (Å²) in [6.07, 6.45) is -0.525. The second-order valence-electron chi connectivity index (χ2n) is 5.53. The van der Waals surface area contributed by atoms with Crippen molar-refractivity contribution >= 4 is 5.91 Å². The van der Waals surface area contributed by atoms with E-state index in [-0.39, 0.29) is 11.9 Å². The summed E-state index contributed by atoms with van der Waals surface area (Å²) >= 11 is 0. The van der Waals surface area contributed by atoms with Gasteiger partial charge in [0.1, 0.15) is 5.75 Å². The Morgan fingerprint density at radius 3 is 2.62 bits per heavy atom. The van der Waals surface area contributed by atoms with Gasteiger partial charge in [-0.15, -0.1) is 0 Å². The van der Waals surface area contributed by atoms with Crippen molar-refractivity contribution in [3.05, 3.63) is 29.3 Å². The largest absolute Gasteiger partial charge is 0.481 e. The van der Waals surface area contributed by atoms with E-state index in [0.29, 0.717) is 32.1 Å². The van der Waals surface area contributed by atoms with Crippen LogP contribution in [0.5, 0.6) is 5.75 Å². The average molecular weight is 292 g/mol. The first kappa shape index (κ1) is 15.8. The molecule has 1 aliphatic rings. The van der Waals surface area contributed by atoms with Gasteiger partial charge in [0, 0.05) is 24.7 Å². The molecule has 0 saturated carbocycles. The van der Waals surface area contributed by atoms with E-state index in [1.165, 1.54) is 0 Å². The molecule has 116 valence electrons. The predicted octanol–water partition coefficient (Wildman–Crippen LogP) is 1.64. The number of carbonyl (C=O) groups excluding carboxylic acids is 1. The Kier molecular flexibility index (Phi) is 5.20. The molecule has 0 radical (unpaired) electrons. The highest BCUT2D eigenvalue weighted by atomic mass is 16.5. The molecule has 1 heterocycles. The SMILES string of the molecule is Cc1ccc(OC(C)C(=O)N2CCOCC2)c([C@H](C)N)c1. The van der Waals surface area contributed by atoms with Crippen LogP contribution in [0.4, 0.5) is 0 Å². The highest BCUT2D eigenvalue weighted by molar-refractivity contribution is 5.81. The Labute approximate surface area is 126 Å². The average Bonchev–Trinajstić information content (AvgIpc) is 2.49. The third-order valence-electron chi connectivity index (χ3n) is 3.63. The lowest BCUT2D eigenvalue weighted by atomic mass is 10.1. The molecule has 21 heavy (non-hydrogen) atoms. The third kappa shape index (κ3) is 3.95. The first-order chi connectivity index (χ1) is 9.99. The molecule has 1 fully saturated rings. The molecule has 1 aromatic carbocycles. The molecule has 2 N–H and O–H groups in total. The molecule has 5 nitrogen and oxygen atoms in total. The van der Waals surface area contributed by atoms with Crippen molar-refractivity contribution in [2.24, 2.45) is 5.73 Å². The molecule has 0 aromatic heterocycles. The Balaban J connectivity index is 2.08. The molecule has 1 aromatic rings. The van der Waals surface area contributed by atoms with Crippen LogP contribution in [0.15, 0.2) is 18.2 Å². The minimum atomic E-state index is -0.525. The van der Waals surface area contributed by atoms with Crippen molar-refractivity contribution in [3.8, 4) is 5.75 Å². The molecule has 1 aliphatic heterocycles. The van der Waals surface area contributed by atoms with Crippen LogP contribution >= 0.6 is 0 Å². The van der Waals surface area contributed by atoms with Crippen LogP contribution in [-0.2, 0) is 9.53 Å². The molecule has 1 amide bonds. The highest BCUT2D eigenvalue weighted by Crippen LogP contribution is 2.26. The van der Waals surface area contributed by atoms with E-state index in [2.05, 4.69) is 0 Å². The van der Waals surface area contributed by atoms with Crippen LogP contribution in [0.25, 0.3) is 0 Å². The van der Waals surface area contributed by atoms with Gasteiger partial charge in [-0.25, -0.2) is 0 Å². The van der Waals surface area contributed by atoms with E-state index < -0.39 is 6.10 Å². The molecule has 0 bridgehead atoms. The maximum atomic E-state index is 12.4. The van der Waals surface area contributed by atoms with E-state index in [1.54, 1.807) is 11.8 Å². The van der Waals surface area contributed by atoms with Gasteiger partial charge in [0.25, 0.3) is 5.91 Å². The quantitative estimate of drug-likeness (QED) is 0.916. The van der Waals surface area contributed by atoms with Gasteiger partial charge in [0.05, 0.1) is 13.2 Å². The molecular formula is C16H24N2O3. The number of hydrogen-bond donors (Lipinski definition) is 1. The lowest BCUT2D eigenvalue weighted by Crippen LogP contribution is -2.46. The summed E-state index contributed by atoms with van der Waals surface area (Å²) in [7, 11) is 0. The number of amides is 1. The number of ether oxygens (including phenoxy) is 2. The summed E-state index contributed by atoms with van der Waals surface area (Å²) in [6.45, 7) is 8.14. The fourth-order valence-electron chi connectivity index (χ4n) is 2.41. The van der Waals surface area contributed by atoms with E-state index in [1.807, 2.05) is 32.0 Å². The van der Waals surface area contributed by atoms with Crippen LogP contribution < -0.4 is 10.5 Å². The summed E-state index contributed by atoms with van der Waals surface area (Å²) in [6, 6.07) is 5.72. The number of nitrogens with two attached hydrogens (primary N) is 1. The van der Waals surface area contributed by atoms with E-state index in [9.17, 15) is 4.79 Å². The van der Waals surface area contributed by atoms with Gasteiger partial charge in [0.2, 0.25) is 0 Å². The lowest BCUT2D eigenvalue weighted by Gasteiger charge is -2.29. The zero-order valence-electron chi connectivity index (χ0n) is 13.0. The van der Waals surface area contributed by atoms with Gasteiger partial charge < -0.3 is 20.1 Å². The van der Waals surface area contributed by atoms with Crippen molar-refractivity contribution in [1.29, 1.82) is 0 Å². The Hall–Kier alpha value is -1.59. The Bertz CT molecular complexity index is 496. The number of aryl methyl sites for hydroxylation is 1. The summed E-state index contributed by atoms with van der Waals surface area (Å²) in [5.74, 6) is 0.680. The normalized spacial score (nSPS) is 18.2. The summed E-state index contributed by atoms with van der Waals surface area (Å²) < 4.78 is 11.1. The van der Waals surface area contributed by atoms with Crippen molar-refractivity contribution in [1.82, 2.24) is 4.90 Å². The molecule has 2 rings (SSSR count). The van der Waals surface area contributed by atoms with Gasteiger partial charge in [0.15, 0.2) is 6.10 Å². The number of rotatable bonds is 4. The topological polar surface area (TPSA) is 64.8 Å². The fourth-order valence-corrected chi connectivity index (χ4v) is 2.41. The lowest BCUT2D eigenvalue weighted by molar-refractivity contribution is -0.142. The van der Waals surface area contributed by atoms with Gasteiger partial charge in [-0.3, -0.25) is 4.79 Å². The number of morpholine rings is 1. The zero-order valence-corrected chi connectivity index (χ0v) is 13.0. The molecule has 0 spiro atoms. The second-order valence-corrected chi connectivity index (χ2v) is 5.53. The smallest absolute Gasteiger partial charge is 0.263 e. The third-order valence-corrected chi connectivity index (χ3v) is 3.63. The van der Waals surface area contributed by atoms with Gasteiger partial charge >= 0.3 is 0 Å². The van der Waals surface area contributed by atoms with E-state index in [4.69, 9.17) is 15.2 Å². The number of carbonyl (C=O) groups is 1. The summed E-state index contributed by atoms with van der Waals surface area (Å²) in [4.78, 5) is 14.2. The summed E-state index contributed by atoms with van der Waals surface area (Å²) in [5, 5.41) is 0. The molecule has 2 atom stereocenters. The van der Waals surface area contributed by atoms with Crippen LogP contribution in [0.3, 0.4) is 0 Å². The van der Waals surface area contributed by atoms with Crippen LogP contribution in [0.2, 0.25) is 0 Å². The number of benzene rings is 1. The second kappa shape index (κ2) is 6.91. The maximum Gasteiger partial charge on any atom is 0.263 e. The van der Waals surface area contributed by atoms with Crippen molar-refractivity contribution < 1.29 is 14.3 Å². The fraction of sp³-hybridized carbons (Fsp3) is 0.562. The van der Waals surface area contributed by atoms with Gasteiger partial charge in [-0.1, -0.05) is 17.7 Å². The van der Waals surface area contributed by atoms with Crippen LogP contribution in [-0.4, -0.2) is 43.2 Å². The van der Waals surface area contributed by atoms with Crippen molar-refractivity contribution in [3.63, 3.8) is 0 Å². The van der Waals surface area contributed by atoms with Crippen LogP contribution in [0.1, 0.15) is 31.0 Å². The molecule has 1 saturated heterocycles. The maximum absolute atomic E-state index is 12.4. The monoisotopic (exact) mass is 292 g/mol. The molecule has 1 unspecified atom stereocenters. The molecular weight excluding hydrogens is 268 g/mol. The molecule has 5 heteroatoms. The number of nitrogens with zero attached hydrogens (tertiary/aromatic N) is 1. The van der Waals surface area contributed by atoms with E-state index >= 15 is 0 Å².